The van der Waals surface area contributed by atoms with Crippen LogP contribution in [-0.2, 0) is 24.0 Å². The first-order valence-electron chi connectivity index (χ1n) is 13.0. The highest BCUT2D eigenvalue weighted by atomic mass is 16.7. The maximum absolute atomic E-state index is 12.9. The summed E-state index contributed by atoms with van der Waals surface area (Å²) in [5, 5.41) is 14.8. The average Bonchev–Trinajstić information content (AvgIpc) is 3.28. The molecule has 0 radical (unpaired) electrons. The first kappa shape index (κ1) is 29.2. The van der Waals surface area contributed by atoms with Gasteiger partial charge in [0.15, 0.2) is 0 Å². The third-order valence-corrected chi connectivity index (χ3v) is 6.14. The van der Waals surface area contributed by atoms with Crippen LogP contribution in [-0.4, -0.2) is 33.7 Å². The zero-order valence-corrected chi connectivity index (χ0v) is 22.9. The Bertz CT molecular complexity index is 1600. The number of nitro benzene ring substituents is 1. The molecule has 42 heavy (non-hydrogen) atoms. The average molecular weight is 564 g/mol. The van der Waals surface area contributed by atoms with E-state index in [1.165, 1.54) is 12.1 Å². The predicted molar refractivity (Wildman–Crippen MR) is 152 cm³/mol. The molecular formula is C32H25N3O7. The third kappa shape index (κ3) is 7.68. The number of non-ortho nitro benzene ring substituents is 1. The van der Waals surface area contributed by atoms with Gasteiger partial charge in [-0.1, -0.05) is 59.1 Å². The van der Waals surface area contributed by atoms with Crippen LogP contribution in [0.2, 0.25) is 0 Å². The Morgan fingerprint density at radius 1 is 0.833 bits per heavy atom. The molecular weight excluding hydrogens is 538 g/mol. The van der Waals surface area contributed by atoms with Crippen LogP contribution in [0.3, 0.4) is 0 Å². The van der Waals surface area contributed by atoms with Crippen LogP contribution in [0.4, 0.5) is 11.4 Å². The lowest BCUT2D eigenvalue weighted by molar-refractivity contribution is -0.384. The second kappa shape index (κ2) is 13.1. The number of carbonyl (C=O) groups excluding carboxylic acids is 4. The number of imide groups is 1. The normalized spacial score (nSPS) is 12.1. The second-order valence-corrected chi connectivity index (χ2v) is 9.50. The van der Waals surface area contributed by atoms with E-state index in [1.54, 1.807) is 24.3 Å². The van der Waals surface area contributed by atoms with E-state index in [0.29, 0.717) is 16.2 Å². The van der Waals surface area contributed by atoms with E-state index in [2.05, 4.69) is 29.0 Å². The van der Waals surface area contributed by atoms with Crippen molar-refractivity contribution in [1.82, 2.24) is 5.06 Å². The van der Waals surface area contributed by atoms with Gasteiger partial charge in [0.25, 0.3) is 17.5 Å². The molecule has 10 heteroatoms. The number of anilines is 1. The molecule has 0 aromatic heterocycles. The SMILES string of the molecule is Cc1ccc(C#Cc2cc([N+](=O)[O-])cc(C#Cc3ccc(C)cc3)c2NC(=O)CCC(=O)ON2C(=O)CCC2=O)cc1. The molecule has 3 aromatic rings. The van der Waals surface area contributed by atoms with Crippen LogP contribution in [0.25, 0.3) is 0 Å². The molecule has 0 bridgehead atoms. The molecule has 3 aromatic carbocycles. The fraction of sp³-hybridized carbons (Fsp3) is 0.188. The number of nitrogens with one attached hydrogen (secondary N) is 1. The molecule has 0 aliphatic carbocycles. The van der Waals surface area contributed by atoms with Crippen molar-refractivity contribution >= 4 is 35.1 Å². The Balaban J connectivity index is 1.65. The summed E-state index contributed by atoms with van der Waals surface area (Å²) in [6, 6.07) is 17.2. The fourth-order valence-electron chi connectivity index (χ4n) is 3.84. The molecule has 10 nitrogen and oxygen atoms in total. The molecule has 4 rings (SSSR count). The molecule has 3 amide bonds. The largest absolute Gasteiger partial charge is 0.333 e. The van der Waals surface area contributed by atoms with Crippen molar-refractivity contribution in [2.75, 3.05) is 5.32 Å². The van der Waals surface area contributed by atoms with E-state index in [1.807, 2.05) is 38.1 Å². The van der Waals surface area contributed by atoms with Gasteiger partial charge in [-0.15, -0.1) is 5.06 Å². The molecule has 1 heterocycles. The van der Waals surface area contributed by atoms with Crippen LogP contribution in [0.1, 0.15) is 59.1 Å². The number of rotatable bonds is 6. The Kier molecular flexibility index (Phi) is 9.11. The van der Waals surface area contributed by atoms with Crippen LogP contribution in [0.5, 0.6) is 0 Å². The minimum atomic E-state index is -0.934. The Labute approximate surface area is 241 Å². The lowest BCUT2D eigenvalue weighted by Crippen LogP contribution is -2.32. The monoisotopic (exact) mass is 563 g/mol. The molecule has 210 valence electrons. The second-order valence-electron chi connectivity index (χ2n) is 9.50. The summed E-state index contributed by atoms with van der Waals surface area (Å²) in [6.45, 7) is 3.86. The first-order chi connectivity index (χ1) is 20.1. The lowest BCUT2D eigenvalue weighted by Gasteiger charge is -2.13. The lowest BCUT2D eigenvalue weighted by atomic mass is 10.0. The molecule has 1 saturated heterocycles. The molecule has 0 spiro atoms. The van der Waals surface area contributed by atoms with Crippen LogP contribution in [0, 0.1) is 47.6 Å². The number of hydrogen-bond acceptors (Lipinski definition) is 7. The van der Waals surface area contributed by atoms with Crippen molar-refractivity contribution in [1.29, 1.82) is 0 Å². The Morgan fingerprint density at radius 2 is 1.31 bits per heavy atom. The number of amides is 3. The van der Waals surface area contributed by atoms with E-state index in [9.17, 15) is 29.3 Å². The summed E-state index contributed by atoms with van der Waals surface area (Å²) in [6.07, 6.45) is -0.885. The molecule has 1 N–H and O–H groups in total. The van der Waals surface area contributed by atoms with E-state index >= 15 is 0 Å². The van der Waals surface area contributed by atoms with E-state index in [-0.39, 0.29) is 41.8 Å². The van der Waals surface area contributed by atoms with Crippen molar-refractivity contribution in [3.05, 3.63) is 104 Å². The maximum Gasteiger partial charge on any atom is 0.333 e. The number of nitro groups is 1. The fourth-order valence-corrected chi connectivity index (χ4v) is 3.84. The van der Waals surface area contributed by atoms with Gasteiger partial charge in [0.05, 0.1) is 28.2 Å². The predicted octanol–water partition coefficient (Wildman–Crippen LogP) is 4.34. The van der Waals surface area contributed by atoms with Crippen molar-refractivity contribution in [2.45, 2.75) is 39.5 Å². The van der Waals surface area contributed by atoms with Crippen LogP contribution >= 0.6 is 0 Å². The first-order valence-corrected chi connectivity index (χ1v) is 13.0. The highest BCUT2D eigenvalue weighted by Crippen LogP contribution is 2.27. The standard InChI is InChI=1S/C32H25N3O7/c1-21-3-7-23(8-4-21)11-13-25-19-27(35(40)41)20-26(14-12-24-9-5-22(2)6-10-24)32(25)33-28(36)15-18-31(39)42-34-29(37)16-17-30(34)38/h3-10,19-20H,15-18H2,1-2H3,(H,33,36). The zero-order valence-electron chi connectivity index (χ0n) is 22.9. The number of aryl methyl sites for hydroxylation is 2. The molecule has 1 fully saturated rings. The topological polar surface area (TPSA) is 136 Å². The molecule has 0 atom stereocenters. The van der Waals surface area contributed by atoms with Crippen molar-refractivity contribution in [3.63, 3.8) is 0 Å². The van der Waals surface area contributed by atoms with E-state index in [4.69, 9.17) is 4.84 Å². The Morgan fingerprint density at radius 3 is 1.76 bits per heavy atom. The smallest absolute Gasteiger partial charge is 0.330 e. The molecule has 0 saturated carbocycles. The summed E-state index contributed by atoms with van der Waals surface area (Å²) in [5.41, 5.74) is 3.57. The molecule has 0 unspecified atom stereocenters. The summed E-state index contributed by atoms with van der Waals surface area (Å²) in [4.78, 5) is 64.5. The molecule has 1 aliphatic heterocycles. The van der Waals surface area contributed by atoms with Gasteiger partial charge in [-0.2, -0.15) is 0 Å². The summed E-state index contributed by atoms with van der Waals surface area (Å²) >= 11 is 0. The van der Waals surface area contributed by atoms with Gasteiger partial charge < -0.3 is 10.2 Å². The van der Waals surface area contributed by atoms with E-state index < -0.39 is 35.0 Å². The van der Waals surface area contributed by atoms with Crippen LogP contribution in [0.15, 0.2) is 60.7 Å². The summed E-state index contributed by atoms with van der Waals surface area (Å²) in [5.74, 6) is 8.92. The zero-order chi connectivity index (χ0) is 30.2. The quantitative estimate of drug-likeness (QED) is 0.204. The van der Waals surface area contributed by atoms with Crippen molar-refractivity contribution < 1.29 is 28.9 Å². The van der Waals surface area contributed by atoms with Gasteiger partial charge >= 0.3 is 5.97 Å². The van der Waals surface area contributed by atoms with Gasteiger partial charge in [-0.05, 0) is 38.1 Å². The van der Waals surface area contributed by atoms with Gasteiger partial charge in [-0.25, -0.2) is 4.79 Å². The summed E-state index contributed by atoms with van der Waals surface area (Å²) < 4.78 is 0. The highest BCUT2D eigenvalue weighted by Gasteiger charge is 2.32. The van der Waals surface area contributed by atoms with Gasteiger partial charge in [-0.3, -0.25) is 24.5 Å². The maximum atomic E-state index is 12.9. The third-order valence-electron chi connectivity index (χ3n) is 6.14. The number of carbonyl (C=O) groups is 4. The highest BCUT2D eigenvalue weighted by molar-refractivity contribution is 6.02. The van der Waals surface area contributed by atoms with Gasteiger partial charge in [0.2, 0.25) is 5.91 Å². The van der Waals surface area contributed by atoms with Crippen molar-refractivity contribution in [3.8, 4) is 23.7 Å². The summed E-state index contributed by atoms with van der Waals surface area (Å²) in [7, 11) is 0. The number of benzene rings is 3. The van der Waals surface area contributed by atoms with Gasteiger partial charge in [0.1, 0.15) is 0 Å². The minimum absolute atomic E-state index is 0.0501. The van der Waals surface area contributed by atoms with Crippen molar-refractivity contribution in [2.24, 2.45) is 0 Å². The number of hydrogen-bond donors (Lipinski definition) is 1. The molecule has 1 aliphatic rings. The minimum Gasteiger partial charge on any atom is -0.330 e. The Hall–Kier alpha value is -5.74. The number of hydroxylamine groups is 2. The van der Waals surface area contributed by atoms with Gasteiger partial charge in [0, 0.05) is 42.5 Å². The van der Waals surface area contributed by atoms with Crippen LogP contribution < -0.4 is 5.32 Å². The van der Waals surface area contributed by atoms with E-state index in [0.717, 1.165) is 11.1 Å². The number of nitrogens with zero attached hydrogens (tertiary/aromatic N) is 2.